The summed E-state index contributed by atoms with van der Waals surface area (Å²) in [5.74, 6) is 0.444. The van der Waals surface area contributed by atoms with E-state index < -0.39 is 0 Å². The lowest BCUT2D eigenvalue weighted by atomic mass is 10.1. The van der Waals surface area contributed by atoms with E-state index in [4.69, 9.17) is 0 Å². The van der Waals surface area contributed by atoms with Gasteiger partial charge in [0, 0.05) is 43.5 Å². The van der Waals surface area contributed by atoms with Crippen LogP contribution in [-0.4, -0.2) is 45.3 Å². The van der Waals surface area contributed by atoms with E-state index in [0.717, 1.165) is 38.3 Å². The molecule has 0 spiro atoms. The second kappa shape index (κ2) is 7.70. The highest BCUT2D eigenvalue weighted by atomic mass is 16.3. The Kier molecular flexibility index (Phi) is 5.38. The van der Waals surface area contributed by atoms with Gasteiger partial charge in [0.2, 0.25) is 0 Å². The SMILES string of the molecule is CCn1cc(CN2CCC(CNC(=O)c3cccc(O)c3)C2)c(C)n1. The molecule has 1 aromatic heterocycles. The van der Waals surface area contributed by atoms with Crippen LogP contribution in [0.5, 0.6) is 5.75 Å². The number of phenols is 1. The molecule has 1 fully saturated rings. The maximum Gasteiger partial charge on any atom is 0.251 e. The van der Waals surface area contributed by atoms with E-state index in [-0.39, 0.29) is 11.7 Å². The first-order valence-corrected chi connectivity index (χ1v) is 8.87. The number of phenolic OH excluding ortho intramolecular Hbond substituents is 1. The number of nitrogens with one attached hydrogen (secondary N) is 1. The van der Waals surface area contributed by atoms with Crippen LogP contribution < -0.4 is 5.32 Å². The highest BCUT2D eigenvalue weighted by molar-refractivity contribution is 5.94. The van der Waals surface area contributed by atoms with Crippen LogP contribution in [0.2, 0.25) is 0 Å². The van der Waals surface area contributed by atoms with Crippen molar-refractivity contribution in [1.29, 1.82) is 0 Å². The van der Waals surface area contributed by atoms with E-state index in [0.29, 0.717) is 18.0 Å². The van der Waals surface area contributed by atoms with Crippen molar-refractivity contribution in [2.45, 2.75) is 33.4 Å². The van der Waals surface area contributed by atoms with Gasteiger partial charge >= 0.3 is 0 Å². The van der Waals surface area contributed by atoms with Gasteiger partial charge in [-0.3, -0.25) is 14.4 Å². The Morgan fingerprint density at radius 3 is 3.00 bits per heavy atom. The molecule has 0 saturated carbocycles. The molecule has 1 aliphatic heterocycles. The minimum absolute atomic E-state index is 0.114. The number of rotatable bonds is 6. The Morgan fingerprint density at radius 2 is 2.28 bits per heavy atom. The average Bonchev–Trinajstić information content (AvgIpc) is 3.19. The molecule has 25 heavy (non-hydrogen) atoms. The first kappa shape index (κ1) is 17.5. The maximum absolute atomic E-state index is 12.2. The summed E-state index contributed by atoms with van der Waals surface area (Å²) in [5, 5.41) is 17.0. The predicted molar refractivity (Wildman–Crippen MR) is 96.5 cm³/mol. The molecule has 0 radical (unpaired) electrons. The number of likely N-dealkylation sites (tertiary alicyclic amines) is 1. The fourth-order valence-electron chi connectivity index (χ4n) is 3.33. The maximum atomic E-state index is 12.2. The summed E-state index contributed by atoms with van der Waals surface area (Å²) in [6, 6.07) is 6.45. The second-order valence-electron chi connectivity index (χ2n) is 6.75. The fourth-order valence-corrected chi connectivity index (χ4v) is 3.33. The third-order valence-corrected chi connectivity index (χ3v) is 4.80. The third kappa shape index (κ3) is 4.39. The van der Waals surface area contributed by atoms with Crippen molar-refractivity contribution in [3.63, 3.8) is 0 Å². The van der Waals surface area contributed by atoms with Gasteiger partial charge in [-0.05, 0) is 50.9 Å². The Bertz CT molecular complexity index is 741. The zero-order valence-corrected chi connectivity index (χ0v) is 14.9. The van der Waals surface area contributed by atoms with Gasteiger partial charge in [0.1, 0.15) is 5.75 Å². The van der Waals surface area contributed by atoms with Crippen molar-refractivity contribution in [2.75, 3.05) is 19.6 Å². The number of aromatic hydroxyl groups is 1. The summed E-state index contributed by atoms with van der Waals surface area (Å²) in [7, 11) is 0. The highest BCUT2D eigenvalue weighted by Crippen LogP contribution is 2.19. The van der Waals surface area contributed by atoms with Gasteiger partial charge in [-0.1, -0.05) is 6.07 Å². The normalized spacial score (nSPS) is 17.8. The number of carbonyl (C=O) groups excluding carboxylic acids is 1. The summed E-state index contributed by atoms with van der Waals surface area (Å²) >= 11 is 0. The van der Waals surface area contributed by atoms with Gasteiger partial charge < -0.3 is 10.4 Å². The van der Waals surface area contributed by atoms with Crippen molar-refractivity contribution in [1.82, 2.24) is 20.0 Å². The summed E-state index contributed by atoms with van der Waals surface area (Å²) in [6.45, 7) is 8.66. The zero-order valence-electron chi connectivity index (χ0n) is 14.9. The van der Waals surface area contributed by atoms with Crippen LogP contribution in [0.3, 0.4) is 0 Å². The number of nitrogens with zero attached hydrogens (tertiary/aromatic N) is 3. The molecule has 3 rings (SSSR count). The molecule has 2 aromatic rings. The van der Waals surface area contributed by atoms with Gasteiger partial charge in [0.05, 0.1) is 5.69 Å². The lowest BCUT2D eigenvalue weighted by molar-refractivity contribution is 0.0947. The number of hydrogen-bond acceptors (Lipinski definition) is 4. The van der Waals surface area contributed by atoms with Gasteiger partial charge in [-0.25, -0.2) is 0 Å². The Hall–Kier alpha value is -2.34. The second-order valence-corrected chi connectivity index (χ2v) is 6.75. The summed E-state index contributed by atoms with van der Waals surface area (Å²) in [4.78, 5) is 14.6. The van der Waals surface area contributed by atoms with Crippen molar-refractivity contribution < 1.29 is 9.90 Å². The lowest BCUT2D eigenvalue weighted by Gasteiger charge is -2.16. The molecule has 6 heteroatoms. The molecule has 1 aromatic carbocycles. The molecule has 0 bridgehead atoms. The van der Waals surface area contributed by atoms with Crippen LogP contribution >= 0.6 is 0 Å². The molecule has 2 N–H and O–H groups in total. The summed E-state index contributed by atoms with van der Waals surface area (Å²) in [5.41, 5.74) is 2.88. The van der Waals surface area contributed by atoms with Gasteiger partial charge in [-0.2, -0.15) is 5.10 Å². The number of carbonyl (C=O) groups is 1. The van der Waals surface area contributed by atoms with E-state index >= 15 is 0 Å². The molecule has 1 atom stereocenters. The number of aryl methyl sites for hydroxylation is 2. The number of hydrogen-bond donors (Lipinski definition) is 2. The number of benzene rings is 1. The van der Waals surface area contributed by atoms with Crippen LogP contribution in [-0.2, 0) is 13.1 Å². The molecule has 2 heterocycles. The molecular weight excluding hydrogens is 316 g/mol. The standard InChI is InChI=1S/C19H26N4O2/c1-3-23-13-17(14(2)21-23)12-22-8-7-15(11-22)10-20-19(25)16-5-4-6-18(24)9-16/h4-6,9,13,15,24H,3,7-8,10-12H2,1-2H3,(H,20,25). The van der Waals surface area contributed by atoms with E-state index in [9.17, 15) is 9.90 Å². The summed E-state index contributed by atoms with van der Waals surface area (Å²) < 4.78 is 1.98. The van der Waals surface area contributed by atoms with Gasteiger partial charge in [0.25, 0.3) is 5.91 Å². The first-order chi connectivity index (χ1) is 12.0. The molecular formula is C19H26N4O2. The topological polar surface area (TPSA) is 70.4 Å². The molecule has 134 valence electrons. The van der Waals surface area contributed by atoms with E-state index in [1.54, 1.807) is 18.2 Å². The predicted octanol–water partition coefficient (Wildman–Crippen LogP) is 2.17. The number of amides is 1. The van der Waals surface area contributed by atoms with Crippen molar-refractivity contribution in [3.05, 3.63) is 47.3 Å². The largest absolute Gasteiger partial charge is 0.508 e. The first-order valence-electron chi connectivity index (χ1n) is 8.87. The average molecular weight is 342 g/mol. The Balaban J connectivity index is 1.48. The smallest absolute Gasteiger partial charge is 0.251 e. The quantitative estimate of drug-likeness (QED) is 0.844. The van der Waals surface area contributed by atoms with Gasteiger partial charge in [-0.15, -0.1) is 0 Å². The number of aromatic nitrogens is 2. The minimum Gasteiger partial charge on any atom is -0.508 e. The van der Waals surface area contributed by atoms with Crippen molar-refractivity contribution in [3.8, 4) is 5.75 Å². The lowest BCUT2D eigenvalue weighted by Crippen LogP contribution is -2.30. The molecule has 1 aliphatic rings. The van der Waals surface area contributed by atoms with Crippen LogP contribution in [0, 0.1) is 12.8 Å². The highest BCUT2D eigenvalue weighted by Gasteiger charge is 2.24. The third-order valence-electron chi connectivity index (χ3n) is 4.80. The van der Waals surface area contributed by atoms with Crippen LogP contribution in [0.1, 0.15) is 35.0 Å². The monoisotopic (exact) mass is 342 g/mol. The molecule has 1 amide bonds. The van der Waals surface area contributed by atoms with Crippen LogP contribution in [0.4, 0.5) is 0 Å². The zero-order chi connectivity index (χ0) is 17.8. The Morgan fingerprint density at radius 1 is 1.44 bits per heavy atom. The van der Waals surface area contributed by atoms with E-state index in [1.165, 1.54) is 11.6 Å². The van der Waals surface area contributed by atoms with Crippen molar-refractivity contribution in [2.24, 2.45) is 5.92 Å². The molecule has 1 unspecified atom stereocenters. The fraction of sp³-hybridized carbons (Fsp3) is 0.474. The molecule has 6 nitrogen and oxygen atoms in total. The van der Waals surface area contributed by atoms with Crippen molar-refractivity contribution >= 4 is 5.91 Å². The Labute approximate surface area is 148 Å². The summed E-state index contributed by atoms with van der Waals surface area (Å²) in [6.07, 6.45) is 3.22. The van der Waals surface area contributed by atoms with E-state index in [1.807, 2.05) is 4.68 Å². The molecule has 0 aliphatic carbocycles. The van der Waals surface area contributed by atoms with E-state index in [2.05, 4.69) is 35.4 Å². The molecule has 1 saturated heterocycles. The minimum atomic E-state index is -0.130. The van der Waals surface area contributed by atoms with Crippen LogP contribution in [0.15, 0.2) is 30.5 Å². The van der Waals surface area contributed by atoms with Crippen LogP contribution in [0.25, 0.3) is 0 Å². The van der Waals surface area contributed by atoms with Gasteiger partial charge in [0.15, 0.2) is 0 Å².